The number of amides is 1. The van der Waals surface area contributed by atoms with Crippen molar-refractivity contribution in [2.24, 2.45) is 5.92 Å². The fourth-order valence-electron chi connectivity index (χ4n) is 1.53. The van der Waals surface area contributed by atoms with Crippen molar-refractivity contribution >= 4 is 25.0 Å². The maximum absolute atomic E-state index is 11.3. The molecule has 1 N–H and O–H groups in total. The topological polar surface area (TPSA) is 55.4 Å². The first-order valence-electron chi connectivity index (χ1n) is 6.13. The second-order valence-electron chi connectivity index (χ2n) is 4.18. The summed E-state index contributed by atoms with van der Waals surface area (Å²) in [5.41, 5.74) is 0. The number of carbonyl (C=O) groups excluding carboxylic acids is 2. The maximum atomic E-state index is 11.3. The van der Waals surface area contributed by atoms with Gasteiger partial charge in [0.25, 0.3) is 6.47 Å². The van der Waals surface area contributed by atoms with E-state index in [0.29, 0.717) is 25.4 Å². The molecule has 5 heteroatoms. The van der Waals surface area contributed by atoms with Gasteiger partial charge in [-0.1, -0.05) is 19.8 Å². The Labute approximate surface area is 109 Å². The maximum Gasteiger partial charge on any atom is 0.293 e. The molecule has 0 aromatic heterocycles. The van der Waals surface area contributed by atoms with E-state index in [9.17, 15) is 9.59 Å². The fourth-order valence-corrected chi connectivity index (χ4v) is 1.97. The van der Waals surface area contributed by atoms with Gasteiger partial charge in [0.1, 0.15) is 6.61 Å². The molecule has 1 unspecified atom stereocenters. The number of carbonyl (C=O) groups is 2. The average Bonchev–Trinajstić information content (AvgIpc) is 2.31. The van der Waals surface area contributed by atoms with Crippen molar-refractivity contribution in [2.75, 3.05) is 18.9 Å². The molecule has 100 valence electrons. The van der Waals surface area contributed by atoms with Crippen LogP contribution in [0.15, 0.2) is 0 Å². The minimum Gasteiger partial charge on any atom is -0.466 e. The van der Waals surface area contributed by atoms with Crippen LogP contribution in [0.25, 0.3) is 0 Å². The smallest absolute Gasteiger partial charge is 0.293 e. The highest BCUT2D eigenvalue weighted by atomic mass is 32.1. The van der Waals surface area contributed by atoms with Crippen LogP contribution in [0.4, 0.5) is 0 Å². The third-order valence-corrected chi connectivity index (χ3v) is 2.84. The van der Waals surface area contributed by atoms with E-state index in [0.717, 1.165) is 31.4 Å². The molecule has 0 rings (SSSR count). The molecule has 0 saturated carbocycles. The lowest BCUT2D eigenvalue weighted by Gasteiger charge is -2.09. The molecule has 17 heavy (non-hydrogen) atoms. The van der Waals surface area contributed by atoms with Gasteiger partial charge < -0.3 is 10.1 Å². The molecule has 0 aromatic rings. The van der Waals surface area contributed by atoms with Crippen molar-refractivity contribution in [2.45, 2.75) is 39.0 Å². The number of hydrogen-bond acceptors (Lipinski definition) is 4. The van der Waals surface area contributed by atoms with Crippen molar-refractivity contribution in [3.8, 4) is 0 Å². The molecule has 0 aliphatic carbocycles. The molecule has 1 amide bonds. The van der Waals surface area contributed by atoms with E-state index in [1.807, 2.05) is 0 Å². The molecule has 0 aliphatic rings. The summed E-state index contributed by atoms with van der Waals surface area (Å²) in [5, 5.41) is 2.70. The summed E-state index contributed by atoms with van der Waals surface area (Å²) in [4.78, 5) is 21.1. The highest BCUT2D eigenvalue weighted by Crippen LogP contribution is 2.13. The van der Waals surface area contributed by atoms with Gasteiger partial charge in [0.2, 0.25) is 5.91 Å². The molecule has 0 fully saturated rings. The van der Waals surface area contributed by atoms with Crippen LogP contribution in [0, 0.1) is 5.92 Å². The summed E-state index contributed by atoms with van der Waals surface area (Å²) < 4.78 is 4.47. The lowest BCUT2D eigenvalue weighted by molar-refractivity contribution is -0.129. The Kier molecular flexibility index (Phi) is 11.3. The first-order valence-corrected chi connectivity index (χ1v) is 6.76. The van der Waals surface area contributed by atoms with Crippen molar-refractivity contribution in [3.05, 3.63) is 0 Å². The zero-order valence-corrected chi connectivity index (χ0v) is 11.4. The van der Waals surface area contributed by atoms with Gasteiger partial charge in [0.05, 0.1) is 6.54 Å². The SMILES string of the molecule is CC(CCS)CCCCC(=O)NCCOC=O. The van der Waals surface area contributed by atoms with Crippen LogP contribution in [-0.2, 0) is 14.3 Å². The molecule has 0 aliphatic heterocycles. The number of thiol groups is 1. The summed E-state index contributed by atoms with van der Waals surface area (Å²) >= 11 is 4.19. The van der Waals surface area contributed by atoms with Crippen LogP contribution in [-0.4, -0.2) is 31.3 Å². The highest BCUT2D eigenvalue weighted by Gasteiger charge is 2.03. The van der Waals surface area contributed by atoms with Crippen LogP contribution in [0.3, 0.4) is 0 Å². The molecule has 0 saturated heterocycles. The van der Waals surface area contributed by atoms with E-state index >= 15 is 0 Å². The van der Waals surface area contributed by atoms with Crippen molar-refractivity contribution in [1.82, 2.24) is 5.32 Å². The second-order valence-corrected chi connectivity index (χ2v) is 4.63. The van der Waals surface area contributed by atoms with Gasteiger partial charge in [-0.3, -0.25) is 9.59 Å². The summed E-state index contributed by atoms with van der Waals surface area (Å²) in [6.45, 7) is 3.24. The number of unbranched alkanes of at least 4 members (excludes halogenated alkanes) is 1. The molecular formula is C12H23NO3S. The largest absolute Gasteiger partial charge is 0.466 e. The fraction of sp³-hybridized carbons (Fsp3) is 0.833. The molecule has 0 bridgehead atoms. The van der Waals surface area contributed by atoms with Crippen LogP contribution in [0.1, 0.15) is 39.0 Å². The molecular weight excluding hydrogens is 238 g/mol. The molecule has 1 atom stereocenters. The highest BCUT2D eigenvalue weighted by molar-refractivity contribution is 7.80. The third-order valence-electron chi connectivity index (χ3n) is 2.58. The van der Waals surface area contributed by atoms with E-state index in [-0.39, 0.29) is 12.5 Å². The second kappa shape index (κ2) is 11.8. The van der Waals surface area contributed by atoms with Crippen LogP contribution in [0.2, 0.25) is 0 Å². The third kappa shape index (κ3) is 11.6. The quantitative estimate of drug-likeness (QED) is 0.339. The van der Waals surface area contributed by atoms with Gasteiger partial charge in [-0.2, -0.15) is 12.6 Å². The first-order chi connectivity index (χ1) is 8.20. The van der Waals surface area contributed by atoms with E-state index in [4.69, 9.17) is 0 Å². The zero-order valence-electron chi connectivity index (χ0n) is 10.5. The predicted octanol–water partition coefficient (Wildman–Crippen LogP) is 1.79. The van der Waals surface area contributed by atoms with E-state index < -0.39 is 0 Å². The Balaban J connectivity index is 3.29. The predicted molar refractivity (Wildman–Crippen MR) is 71.1 cm³/mol. The summed E-state index contributed by atoms with van der Waals surface area (Å²) in [6.07, 6.45) is 4.83. The van der Waals surface area contributed by atoms with Gasteiger partial charge >= 0.3 is 0 Å². The number of rotatable bonds is 11. The van der Waals surface area contributed by atoms with Crippen LogP contribution in [0.5, 0.6) is 0 Å². The Morgan fingerprint density at radius 2 is 2.18 bits per heavy atom. The monoisotopic (exact) mass is 261 g/mol. The Bertz CT molecular complexity index is 212. The first kappa shape index (κ1) is 16.3. The standard InChI is InChI=1S/C12H23NO3S/c1-11(6-9-17)4-2-3-5-12(15)13-7-8-16-10-14/h10-11,17H,2-9H2,1H3,(H,13,15). The average molecular weight is 261 g/mol. The van der Waals surface area contributed by atoms with Gasteiger partial charge in [0, 0.05) is 6.42 Å². The van der Waals surface area contributed by atoms with Crippen molar-refractivity contribution in [3.63, 3.8) is 0 Å². The number of ether oxygens (including phenoxy) is 1. The summed E-state index contributed by atoms with van der Waals surface area (Å²) in [7, 11) is 0. The van der Waals surface area contributed by atoms with Gasteiger partial charge in [-0.05, 0) is 24.5 Å². The molecule has 0 spiro atoms. The van der Waals surface area contributed by atoms with Crippen LogP contribution < -0.4 is 5.32 Å². The number of nitrogens with one attached hydrogen (secondary N) is 1. The van der Waals surface area contributed by atoms with Crippen LogP contribution >= 0.6 is 12.6 Å². The van der Waals surface area contributed by atoms with Gasteiger partial charge in [-0.25, -0.2) is 0 Å². The Morgan fingerprint density at radius 3 is 2.82 bits per heavy atom. The van der Waals surface area contributed by atoms with Crippen molar-refractivity contribution < 1.29 is 14.3 Å². The van der Waals surface area contributed by atoms with E-state index in [2.05, 4.69) is 29.6 Å². The van der Waals surface area contributed by atoms with E-state index in [1.54, 1.807) is 0 Å². The van der Waals surface area contributed by atoms with Gasteiger partial charge in [0.15, 0.2) is 0 Å². The molecule has 0 radical (unpaired) electrons. The normalized spacial score (nSPS) is 11.9. The Morgan fingerprint density at radius 1 is 1.41 bits per heavy atom. The number of hydrogen-bond donors (Lipinski definition) is 2. The van der Waals surface area contributed by atoms with Crippen molar-refractivity contribution in [1.29, 1.82) is 0 Å². The van der Waals surface area contributed by atoms with E-state index in [1.165, 1.54) is 0 Å². The Hall–Kier alpha value is -0.710. The molecule has 4 nitrogen and oxygen atoms in total. The zero-order chi connectivity index (χ0) is 12.9. The van der Waals surface area contributed by atoms with Gasteiger partial charge in [-0.15, -0.1) is 0 Å². The minimum atomic E-state index is 0.0290. The lowest BCUT2D eigenvalue weighted by atomic mass is 10.0. The molecule has 0 aromatic carbocycles. The molecule has 0 heterocycles. The minimum absolute atomic E-state index is 0.0290. The summed E-state index contributed by atoms with van der Waals surface area (Å²) in [6, 6.07) is 0. The lowest BCUT2D eigenvalue weighted by Crippen LogP contribution is -2.26. The summed E-state index contributed by atoms with van der Waals surface area (Å²) in [5.74, 6) is 1.65.